The predicted molar refractivity (Wildman–Crippen MR) is 80.2 cm³/mol. The first-order valence-electron chi connectivity index (χ1n) is 7.36. The zero-order valence-electron chi connectivity index (χ0n) is 12.3. The SMILES string of the molecule is COCCN1CCC2(CC1)OCCc1cc(C(=O)O)sc12. The van der Waals surface area contributed by atoms with Crippen LogP contribution in [0.1, 0.15) is 33.0 Å². The number of carboxylic acid groups (broad SMARTS) is 1. The van der Waals surface area contributed by atoms with Gasteiger partial charge < -0.3 is 19.5 Å². The first kappa shape index (κ1) is 15.0. The van der Waals surface area contributed by atoms with Crippen molar-refractivity contribution in [2.75, 3.05) is 40.0 Å². The van der Waals surface area contributed by atoms with Crippen molar-refractivity contribution >= 4 is 17.3 Å². The summed E-state index contributed by atoms with van der Waals surface area (Å²) >= 11 is 1.40. The number of piperidine rings is 1. The molecule has 6 heteroatoms. The Morgan fingerprint density at radius 1 is 1.52 bits per heavy atom. The molecule has 116 valence electrons. The fraction of sp³-hybridized carbons (Fsp3) is 0.667. The van der Waals surface area contributed by atoms with Crippen LogP contribution in [0, 0.1) is 0 Å². The number of hydrogen-bond donors (Lipinski definition) is 1. The van der Waals surface area contributed by atoms with Gasteiger partial charge in [0.05, 0.1) is 13.2 Å². The van der Waals surface area contributed by atoms with Gasteiger partial charge in [-0.05, 0) is 30.9 Å². The molecule has 0 aromatic carbocycles. The highest BCUT2D eigenvalue weighted by molar-refractivity contribution is 7.14. The molecule has 0 amide bonds. The van der Waals surface area contributed by atoms with E-state index in [1.54, 1.807) is 7.11 Å². The second-order valence-corrected chi connectivity index (χ2v) is 6.75. The molecule has 2 aliphatic rings. The molecule has 1 N–H and O–H groups in total. The lowest BCUT2D eigenvalue weighted by Gasteiger charge is -2.43. The molecule has 0 saturated carbocycles. The van der Waals surface area contributed by atoms with Gasteiger partial charge in [0.1, 0.15) is 10.5 Å². The van der Waals surface area contributed by atoms with E-state index < -0.39 is 5.97 Å². The Morgan fingerprint density at radius 2 is 2.29 bits per heavy atom. The van der Waals surface area contributed by atoms with E-state index in [4.69, 9.17) is 9.47 Å². The van der Waals surface area contributed by atoms with E-state index in [0.29, 0.717) is 11.5 Å². The van der Waals surface area contributed by atoms with Crippen LogP contribution < -0.4 is 0 Å². The van der Waals surface area contributed by atoms with Gasteiger partial charge >= 0.3 is 5.97 Å². The summed E-state index contributed by atoms with van der Waals surface area (Å²) in [6.07, 6.45) is 2.70. The Morgan fingerprint density at radius 3 is 2.95 bits per heavy atom. The maximum atomic E-state index is 11.2. The van der Waals surface area contributed by atoms with Gasteiger partial charge in [0.25, 0.3) is 0 Å². The van der Waals surface area contributed by atoms with Crippen LogP contribution in [0.15, 0.2) is 6.07 Å². The van der Waals surface area contributed by atoms with E-state index in [2.05, 4.69) is 4.90 Å². The fourth-order valence-corrected chi connectivity index (χ4v) is 4.51. The molecular formula is C15H21NO4S. The molecule has 3 rings (SSSR count). The minimum absolute atomic E-state index is 0.254. The number of ether oxygens (including phenoxy) is 2. The second-order valence-electron chi connectivity index (χ2n) is 5.70. The smallest absolute Gasteiger partial charge is 0.345 e. The number of carboxylic acids is 1. The van der Waals surface area contributed by atoms with Crippen molar-refractivity contribution < 1.29 is 19.4 Å². The lowest BCUT2D eigenvalue weighted by molar-refractivity contribution is -0.0963. The summed E-state index contributed by atoms with van der Waals surface area (Å²) in [6, 6.07) is 1.84. The lowest BCUT2D eigenvalue weighted by atomic mass is 9.85. The van der Waals surface area contributed by atoms with Gasteiger partial charge in [-0.25, -0.2) is 4.79 Å². The van der Waals surface area contributed by atoms with E-state index in [1.807, 2.05) is 6.07 Å². The molecule has 1 aromatic rings. The van der Waals surface area contributed by atoms with Gasteiger partial charge in [-0.15, -0.1) is 11.3 Å². The van der Waals surface area contributed by atoms with Crippen LogP contribution in [-0.2, 0) is 21.5 Å². The van der Waals surface area contributed by atoms with Crippen molar-refractivity contribution in [1.29, 1.82) is 0 Å². The van der Waals surface area contributed by atoms with Crippen molar-refractivity contribution in [1.82, 2.24) is 4.90 Å². The molecule has 21 heavy (non-hydrogen) atoms. The summed E-state index contributed by atoms with van der Waals surface area (Å²) in [5, 5.41) is 9.21. The van der Waals surface area contributed by atoms with Gasteiger partial charge in [0.2, 0.25) is 0 Å². The number of carbonyl (C=O) groups is 1. The molecule has 3 heterocycles. The van der Waals surface area contributed by atoms with Gasteiger partial charge in [0, 0.05) is 31.6 Å². The molecule has 1 aromatic heterocycles. The van der Waals surface area contributed by atoms with Crippen molar-refractivity contribution in [3.8, 4) is 0 Å². The third kappa shape index (κ3) is 2.85. The number of likely N-dealkylation sites (tertiary alicyclic amines) is 1. The topological polar surface area (TPSA) is 59.0 Å². The van der Waals surface area contributed by atoms with E-state index in [1.165, 1.54) is 16.9 Å². The maximum Gasteiger partial charge on any atom is 0.345 e. The minimum atomic E-state index is -0.831. The van der Waals surface area contributed by atoms with Crippen LogP contribution in [-0.4, -0.2) is 55.9 Å². The Hall–Kier alpha value is -0.950. The highest BCUT2D eigenvalue weighted by Gasteiger charge is 2.42. The molecular weight excluding hydrogens is 290 g/mol. The van der Waals surface area contributed by atoms with Gasteiger partial charge in [-0.3, -0.25) is 0 Å². The summed E-state index contributed by atoms with van der Waals surface area (Å²) < 4.78 is 11.3. The van der Waals surface area contributed by atoms with Crippen molar-refractivity contribution in [2.45, 2.75) is 24.9 Å². The molecule has 0 aliphatic carbocycles. The fourth-order valence-electron chi connectivity index (χ4n) is 3.26. The van der Waals surface area contributed by atoms with Crippen molar-refractivity contribution in [3.63, 3.8) is 0 Å². The summed E-state index contributed by atoms with van der Waals surface area (Å²) in [7, 11) is 1.72. The van der Waals surface area contributed by atoms with Crippen LogP contribution in [0.5, 0.6) is 0 Å². The van der Waals surface area contributed by atoms with Crippen LogP contribution in [0.2, 0.25) is 0 Å². The summed E-state index contributed by atoms with van der Waals surface area (Å²) in [5.74, 6) is -0.831. The Kier molecular flexibility index (Phi) is 4.31. The van der Waals surface area contributed by atoms with E-state index in [9.17, 15) is 9.90 Å². The second kappa shape index (κ2) is 6.04. The first-order chi connectivity index (χ1) is 10.1. The predicted octanol–water partition coefficient (Wildman–Crippen LogP) is 1.96. The molecule has 0 unspecified atom stereocenters. The number of fused-ring (bicyclic) bond motifs is 2. The zero-order valence-corrected chi connectivity index (χ0v) is 13.1. The molecule has 0 radical (unpaired) electrons. The van der Waals surface area contributed by atoms with Crippen molar-refractivity contribution in [2.24, 2.45) is 0 Å². The molecule has 0 atom stereocenters. The molecule has 1 fully saturated rings. The van der Waals surface area contributed by atoms with Crippen LogP contribution >= 0.6 is 11.3 Å². The lowest BCUT2D eigenvalue weighted by Crippen LogP contribution is -2.46. The molecule has 0 bridgehead atoms. The maximum absolute atomic E-state index is 11.2. The van der Waals surface area contributed by atoms with Gasteiger partial charge in [0.15, 0.2) is 0 Å². The Balaban J connectivity index is 1.77. The van der Waals surface area contributed by atoms with Crippen molar-refractivity contribution in [3.05, 3.63) is 21.4 Å². The minimum Gasteiger partial charge on any atom is -0.477 e. The molecule has 2 aliphatic heterocycles. The quantitative estimate of drug-likeness (QED) is 0.921. The summed E-state index contributed by atoms with van der Waals surface area (Å²) in [5.41, 5.74) is 0.921. The molecule has 5 nitrogen and oxygen atoms in total. The summed E-state index contributed by atoms with van der Waals surface area (Å²) in [4.78, 5) is 15.2. The number of nitrogens with zero attached hydrogens (tertiary/aromatic N) is 1. The average molecular weight is 311 g/mol. The zero-order chi connectivity index (χ0) is 14.9. The Labute approximate surface area is 128 Å². The van der Waals surface area contributed by atoms with Gasteiger partial charge in [-0.1, -0.05) is 0 Å². The standard InChI is InChI=1S/C15H21NO4S/c1-19-9-7-16-5-3-15(4-6-16)13-11(2-8-20-15)10-12(21-13)14(17)18/h10H,2-9H2,1H3,(H,17,18). The number of rotatable bonds is 4. The average Bonchev–Trinajstić information content (AvgIpc) is 2.93. The third-order valence-electron chi connectivity index (χ3n) is 4.46. The number of hydrogen-bond acceptors (Lipinski definition) is 5. The van der Waals surface area contributed by atoms with Crippen LogP contribution in [0.25, 0.3) is 0 Å². The van der Waals surface area contributed by atoms with E-state index in [-0.39, 0.29) is 5.60 Å². The normalized spacial score (nSPS) is 21.4. The first-order valence-corrected chi connectivity index (χ1v) is 8.18. The van der Waals surface area contributed by atoms with E-state index >= 15 is 0 Å². The largest absolute Gasteiger partial charge is 0.477 e. The van der Waals surface area contributed by atoms with E-state index in [0.717, 1.165) is 50.4 Å². The highest BCUT2D eigenvalue weighted by atomic mass is 32.1. The van der Waals surface area contributed by atoms with Crippen LogP contribution in [0.3, 0.4) is 0 Å². The van der Waals surface area contributed by atoms with Crippen LogP contribution in [0.4, 0.5) is 0 Å². The number of methoxy groups -OCH3 is 1. The molecule has 1 saturated heterocycles. The molecule has 1 spiro atoms. The number of aromatic carboxylic acids is 1. The van der Waals surface area contributed by atoms with Gasteiger partial charge in [-0.2, -0.15) is 0 Å². The number of thiophene rings is 1. The monoisotopic (exact) mass is 311 g/mol. The summed E-state index contributed by atoms with van der Waals surface area (Å²) in [6.45, 7) is 4.35. The Bertz CT molecular complexity index is 520. The highest BCUT2D eigenvalue weighted by Crippen LogP contribution is 2.45. The third-order valence-corrected chi connectivity index (χ3v) is 5.81.